The van der Waals surface area contributed by atoms with Crippen molar-refractivity contribution in [2.24, 2.45) is 5.14 Å². The van der Waals surface area contributed by atoms with Gasteiger partial charge in [-0.05, 0) is 25.5 Å². The van der Waals surface area contributed by atoms with Crippen molar-refractivity contribution in [1.82, 2.24) is 10.3 Å². The Morgan fingerprint density at radius 3 is 2.84 bits per heavy atom. The number of aromatic nitrogens is 1. The molecule has 0 atom stereocenters. The van der Waals surface area contributed by atoms with Crippen LogP contribution in [0.2, 0.25) is 0 Å². The van der Waals surface area contributed by atoms with E-state index in [0.717, 1.165) is 12.2 Å². The Kier molecular flexibility index (Phi) is 5.71. The maximum absolute atomic E-state index is 11.7. The summed E-state index contributed by atoms with van der Waals surface area (Å²) in [6, 6.07) is 3.40. The molecule has 19 heavy (non-hydrogen) atoms. The molecule has 1 heterocycles. The van der Waals surface area contributed by atoms with Gasteiger partial charge in [0.2, 0.25) is 10.0 Å². The second kappa shape index (κ2) is 7.05. The number of nitrogens with one attached hydrogen (secondary N) is 2. The fourth-order valence-corrected chi connectivity index (χ4v) is 1.98. The van der Waals surface area contributed by atoms with E-state index >= 15 is 0 Å². The van der Waals surface area contributed by atoms with Crippen LogP contribution < -0.4 is 15.8 Å². The van der Waals surface area contributed by atoms with Crippen LogP contribution in [0.3, 0.4) is 0 Å². The van der Waals surface area contributed by atoms with Gasteiger partial charge in [0, 0.05) is 25.0 Å². The molecule has 8 heteroatoms. The molecule has 0 bridgehead atoms. The van der Waals surface area contributed by atoms with E-state index in [9.17, 15) is 13.2 Å². The van der Waals surface area contributed by atoms with Crippen molar-refractivity contribution in [3.63, 3.8) is 0 Å². The molecular weight excluding hydrogens is 268 g/mol. The third-order valence-electron chi connectivity index (χ3n) is 2.26. The number of primary sulfonamides is 1. The lowest BCUT2D eigenvalue weighted by atomic mass is 10.3. The summed E-state index contributed by atoms with van der Waals surface area (Å²) in [6.07, 6.45) is 1.81. The first-order valence-corrected chi connectivity index (χ1v) is 7.62. The zero-order valence-corrected chi connectivity index (χ0v) is 11.5. The van der Waals surface area contributed by atoms with Crippen LogP contribution in [0, 0.1) is 0 Å². The summed E-state index contributed by atoms with van der Waals surface area (Å²) >= 11 is 0. The van der Waals surface area contributed by atoms with Gasteiger partial charge in [-0.1, -0.05) is 0 Å². The van der Waals surface area contributed by atoms with E-state index in [0.29, 0.717) is 0 Å². The summed E-state index contributed by atoms with van der Waals surface area (Å²) in [5.41, 5.74) is 1.10. The second-order valence-corrected chi connectivity index (χ2v) is 5.67. The van der Waals surface area contributed by atoms with Gasteiger partial charge in [0.15, 0.2) is 0 Å². The summed E-state index contributed by atoms with van der Waals surface area (Å²) in [5.74, 6) is -0.493. The molecule has 0 aliphatic heterocycles. The minimum Gasteiger partial charge on any atom is -0.385 e. The van der Waals surface area contributed by atoms with E-state index in [1.165, 1.54) is 6.20 Å². The first kappa shape index (κ1) is 15.4. The van der Waals surface area contributed by atoms with E-state index in [2.05, 4.69) is 15.6 Å². The van der Waals surface area contributed by atoms with E-state index < -0.39 is 10.0 Å². The quantitative estimate of drug-likeness (QED) is 0.607. The van der Waals surface area contributed by atoms with Crippen molar-refractivity contribution in [1.29, 1.82) is 0 Å². The van der Waals surface area contributed by atoms with Crippen LogP contribution in [0.5, 0.6) is 0 Å². The zero-order valence-electron chi connectivity index (χ0n) is 10.7. The Hall–Kier alpha value is -1.67. The van der Waals surface area contributed by atoms with Gasteiger partial charge >= 0.3 is 0 Å². The number of carbonyl (C=O) groups excluding carboxylic acids is 1. The molecule has 4 N–H and O–H groups in total. The van der Waals surface area contributed by atoms with Crippen LogP contribution in [0.4, 0.5) is 5.69 Å². The minimum absolute atomic E-state index is 0.155. The molecule has 1 aromatic rings. The lowest BCUT2D eigenvalue weighted by Crippen LogP contribution is -2.28. The first-order valence-electron chi connectivity index (χ1n) is 5.91. The van der Waals surface area contributed by atoms with E-state index in [-0.39, 0.29) is 30.3 Å². The van der Waals surface area contributed by atoms with Crippen LogP contribution in [0.25, 0.3) is 0 Å². The summed E-state index contributed by atoms with van der Waals surface area (Å²) in [6.45, 7) is 2.94. The molecule has 0 unspecified atom stereocenters. The number of hydrogen-bond donors (Lipinski definition) is 3. The number of anilines is 1. The molecule has 0 saturated carbocycles. The standard InChI is InChI=1S/C11H18N4O3S/c1-2-13-9-4-6-14-10(8-9)11(16)15-5-3-7-19(12,17)18/h4,6,8H,2-3,5,7H2,1H3,(H,13,14)(H,15,16)(H2,12,17,18). The Morgan fingerprint density at radius 2 is 2.21 bits per heavy atom. The number of nitrogens with two attached hydrogens (primary N) is 1. The average Bonchev–Trinajstić information content (AvgIpc) is 2.34. The predicted octanol–water partition coefficient (Wildman–Crippen LogP) is -0.0782. The van der Waals surface area contributed by atoms with Crippen molar-refractivity contribution in [2.45, 2.75) is 13.3 Å². The van der Waals surface area contributed by atoms with Crippen LogP contribution >= 0.6 is 0 Å². The number of hydrogen-bond acceptors (Lipinski definition) is 5. The number of carbonyl (C=O) groups is 1. The van der Waals surface area contributed by atoms with Crippen LogP contribution in [-0.2, 0) is 10.0 Å². The number of sulfonamides is 1. The normalized spacial score (nSPS) is 11.1. The molecule has 106 valence electrons. The maximum Gasteiger partial charge on any atom is 0.269 e. The molecular formula is C11H18N4O3S. The fraction of sp³-hybridized carbons (Fsp3) is 0.455. The highest BCUT2D eigenvalue weighted by molar-refractivity contribution is 7.89. The molecule has 1 rings (SSSR count). The summed E-state index contributed by atoms with van der Waals surface area (Å²) < 4.78 is 21.4. The van der Waals surface area contributed by atoms with Gasteiger partial charge < -0.3 is 10.6 Å². The molecule has 1 aromatic heterocycles. The highest BCUT2D eigenvalue weighted by Crippen LogP contribution is 2.07. The second-order valence-electron chi connectivity index (χ2n) is 3.94. The number of pyridine rings is 1. The Morgan fingerprint density at radius 1 is 1.47 bits per heavy atom. The number of rotatable bonds is 7. The lowest BCUT2D eigenvalue weighted by Gasteiger charge is -2.06. The summed E-state index contributed by atoms with van der Waals surface area (Å²) in [4.78, 5) is 15.7. The van der Waals surface area contributed by atoms with Gasteiger partial charge in [-0.3, -0.25) is 9.78 Å². The summed E-state index contributed by atoms with van der Waals surface area (Å²) in [5, 5.41) is 10.5. The first-order chi connectivity index (χ1) is 8.92. The molecule has 0 saturated heterocycles. The molecule has 0 aromatic carbocycles. The van der Waals surface area contributed by atoms with E-state index in [1.807, 2.05) is 6.92 Å². The highest BCUT2D eigenvalue weighted by atomic mass is 32.2. The zero-order chi connectivity index (χ0) is 14.3. The van der Waals surface area contributed by atoms with Crippen molar-refractivity contribution in [3.8, 4) is 0 Å². The summed E-state index contributed by atoms with van der Waals surface area (Å²) in [7, 11) is -3.48. The van der Waals surface area contributed by atoms with Crippen LogP contribution in [0.15, 0.2) is 18.3 Å². The van der Waals surface area contributed by atoms with Gasteiger partial charge in [-0.15, -0.1) is 0 Å². The molecule has 0 fully saturated rings. The minimum atomic E-state index is -3.48. The molecule has 1 amide bonds. The topological polar surface area (TPSA) is 114 Å². The molecule has 0 aliphatic rings. The van der Waals surface area contributed by atoms with Crippen molar-refractivity contribution >= 4 is 21.6 Å². The van der Waals surface area contributed by atoms with Crippen molar-refractivity contribution in [2.75, 3.05) is 24.2 Å². The van der Waals surface area contributed by atoms with Crippen molar-refractivity contribution in [3.05, 3.63) is 24.0 Å². The monoisotopic (exact) mass is 286 g/mol. The fourth-order valence-electron chi connectivity index (χ4n) is 1.43. The number of nitrogens with zero attached hydrogens (tertiary/aromatic N) is 1. The smallest absolute Gasteiger partial charge is 0.269 e. The Labute approximate surface area is 112 Å². The molecule has 0 spiro atoms. The maximum atomic E-state index is 11.7. The van der Waals surface area contributed by atoms with Crippen LogP contribution in [-0.4, -0.2) is 38.2 Å². The lowest BCUT2D eigenvalue weighted by molar-refractivity contribution is 0.0948. The highest BCUT2D eigenvalue weighted by Gasteiger charge is 2.08. The predicted molar refractivity (Wildman–Crippen MR) is 73.3 cm³/mol. The Balaban J connectivity index is 2.47. The molecule has 0 aliphatic carbocycles. The van der Waals surface area contributed by atoms with Gasteiger partial charge in [-0.25, -0.2) is 13.6 Å². The SMILES string of the molecule is CCNc1ccnc(C(=O)NCCCS(N)(=O)=O)c1. The van der Waals surface area contributed by atoms with Crippen molar-refractivity contribution < 1.29 is 13.2 Å². The van der Waals surface area contributed by atoms with E-state index in [4.69, 9.17) is 5.14 Å². The largest absolute Gasteiger partial charge is 0.385 e. The van der Waals surface area contributed by atoms with E-state index in [1.54, 1.807) is 12.1 Å². The number of amides is 1. The average molecular weight is 286 g/mol. The van der Waals surface area contributed by atoms with Crippen LogP contribution in [0.1, 0.15) is 23.8 Å². The van der Waals surface area contributed by atoms with Gasteiger partial charge in [0.1, 0.15) is 5.69 Å². The van der Waals surface area contributed by atoms with Gasteiger partial charge in [-0.2, -0.15) is 0 Å². The Bertz CT molecular complexity index is 530. The van der Waals surface area contributed by atoms with Gasteiger partial charge in [0.25, 0.3) is 5.91 Å². The van der Waals surface area contributed by atoms with Gasteiger partial charge in [0.05, 0.1) is 5.75 Å². The molecule has 0 radical (unpaired) electrons. The third-order valence-corrected chi connectivity index (χ3v) is 3.12. The third kappa shape index (κ3) is 6.16. The molecule has 7 nitrogen and oxygen atoms in total.